The first-order chi connectivity index (χ1) is 11.0. The molecular formula is C16H18ClN3O3. The molecule has 2 aromatic rings. The van der Waals surface area contributed by atoms with Crippen molar-refractivity contribution >= 4 is 23.5 Å². The minimum Gasteiger partial charge on any atom is -0.465 e. The number of rotatable bonds is 6. The molecule has 0 saturated heterocycles. The predicted octanol–water partition coefficient (Wildman–Crippen LogP) is 2.45. The van der Waals surface area contributed by atoms with Crippen LogP contribution in [0.25, 0.3) is 0 Å². The number of hydrogen-bond donors (Lipinski definition) is 1. The van der Waals surface area contributed by atoms with E-state index in [9.17, 15) is 9.59 Å². The summed E-state index contributed by atoms with van der Waals surface area (Å²) in [7, 11) is 1.32. The van der Waals surface area contributed by atoms with Gasteiger partial charge in [0.15, 0.2) is 0 Å². The van der Waals surface area contributed by atoms with Crippen molar-refractivity contribution in [3.8, 4) is 0 Å². The smallest absolute Gasteiger partial charge is 0.337 e. The second-order valence-electron chi connectivity index (χ2n) is 5.00. The number of methoxy groups -OCH3 is 1. The molecule has 0 atom stereocenters. The third-order valence-electron chi connectivity index (χ3n) is 3.30. The van der Waals surface area contributed by atoms with Gasteiger partial charge in [0.1, 0.15) is 0 Å². The van der Waals surface area contributed by atoms with Crippen LogP contribution in [-0.2, 0) is 11.3 Å². The van der Waals surface area contributed by atoms with E-state index >= 15 is 0 Å². The maximum atomic E-state index is 12.0. The zero-order chi connectivity index (χ0) is 16.8. The van der Waals surface area contributed by atoms with E-state index in [1.165, 1.54) is 7.11 Å². The summed E-state index contributed by atoms with van der Waals surface area (Å²) in [5.74, 6) is -0.610. The van der Waals surface area contributed by atoms with Crippen molar-refractivity contribution in [2.75, 3.05) is 13.7 Å². The van der Waals surface area contributed by atoms with E-state index in [0.717, 1.165) is 12.1 Å². The van der Waals surface area contributed by atoms with Crippen LogP contribution in [0.2, 0.25) is 5.02 Å². The highest BCUT2D eigenvalue weighted by molar-refractivity contribution is 6.31. The molecule has 1 heterocycles. The Morgan fingerprint density at radius 2 is 1.91 bits per heavy atom. The van der Waals surface area contributed by atoms with Crippen LogP contribution in [0, 0.1) is 6.92 Å². The van der Waals surface area contributed by atoms with Crippen molar-refractivity contribution in [3.63, 3.8) is 0 Å². The lowest BCUT2D eigenvalue weighted by atomic mass is 10.1. The van der Waals surface area contributed by atoms with Gasteiger partial charge in [-0.05, 0) is 37.6 Å². The minimum absolute atomic E-state index is 0.184. The molecule has 0 spiro atoms. The summed E-state index contributed by atoms with van der Waals surface area (Å²) < 4.78 is 6.37. The number of nitrogens with zero attached hydrogens (tertiary/aromatic N) is 2. The lowest BCUT2D eigenvalue weighted by Crippen LogP contribution is -2.25. The van der Waals surface area contributed by atoms with Crippen molar-refractivity contribution < 1.29 is 14.3 Å². The number of aryl methyl sites for hydroxylation is 2. The SMILES string of the molecule is COC(=O)c1ccc(C(=O)NCCCn2cc(Cl)c(C)n2)cc1. The fraction of sp³-hybridized carbons (Fsp3) is 0.312. The highest BCUT2D eigenvalue weighted by Gasteiger charge is 2.08. The van der Waals surface area contributed by atoms with Gasteiger partial charge in [-0.3, -0.25) is 9.48 Å². The van der Waals surface area contributed by atoms with Gasteiger partial charge in [0, 0.05) is 24.8 Å². The third kappa shape index (κ3) is 4.56. The van der Waals surface area contributed by atoms with Gasteiger partial charge in [-0.25, -0.2) is 4.79 Å². The zero-order valence-electron chi connectivity index (χ0n) is 13.0. The summed E-state index contributed by atoms with van der Waals surface area (Å²) >= 11 is 5.93. The van der Waals surface area contributed by atoms with Crippen LogP contribution in [-0.4, -0.2) is 35.3 Å². The number of carbonyl (C=O) groups is 2. The molecule has 122 valence electrons. The Kier molecular flexibility index (Phi) is 5.76. The first-order valence-corrected chi connectivity index (χ1v) is 7.55. The van der Waals surface area contributed by atoms with Gasteiger partial charge < -0.3 is 10.1 Å². The van der Waals surface area contributed by atoms with Gasteiger partial charge in [-0.15, -0.1) is 0 Å². The van der Waals surface area contributed by atoms with E-state index in [1.807, 2.05) is 6.92 Å². The molecule has 1 aromatic carbocycles. The van der Waals surface area contributed by atoms with Crippen LogP contribution in [0.4, 0.5) is 0 Å². The van der Waals surface area contributed by atoms with E-state index in [1.54, 1.807) is 35.1 Å². The summed E-state index contributed by atoms with van der Waals surface area (Å²) in [5.41, 5.74) is 1.70. The molecule has 1 amide bonds. The van der Waals surface area contributed by atoms with Crippen LogP contribution >= 0.6 is 11.6 Å². The molecule has 0 radical (unpaired) electrons. The Balaban J connectivity index is 1.79. The number of hydrogen-bond acceptors (Lipinski definition) is 4. The molecule has 0 aliphatic rings. The Bertz CT molecular complexity index is 676. The number of aromatic nitrogens is 2. The van der Waals surface area contributed by atoms with Crippen LogP contribution in [0.1, 0.15) is 32.8 Å². The van der Waals surface area contributed by atoms with Crippen molar-refractivity contribution in [2.45, 2.75) is 19.9 Å². The number of nitrogens with one attached hydrogen (secondary N) is 1. The van der Waals surface area contributed by atoms with Crippen molar-refractivity contribution in [1.29, 1.82) is 0 Å². The average Bonchev–Trinajstić information content (AvgIpc) is 2.89. The monoisotopic (exact) mass is 335 g/mol. The molecule has 0 fully saturated rings. The highest BCUT2D eigenvalue weighted by Crippen LogP contribution is 2.12. The average molecular weight is 336 g/mol. The summed E-state index contributed by atoms with van der Waals surface area (Å²) in [5, 5.41) is 7.71. The van der Waals surface area contributed by atoms with Crippen molar-refractivity contribution in [3.05, 3.63) is 52.3 Å². The predicted molar refractivity (Wildman–Crippen MR) is 86.7 cm³/mol. The fourth-order valence-electron chi connectivity index (χ4n) is 2.03. The summed E-state index contributed by atoms with van der Waals surface area (Å²) in [6, 6.07) is 6.32. The van der Waals surface area contributed by atoms with Crippen LogP contribution < -0.4 is 5.32 Å². The molecule has 0 saturated carbocycles. The molecular weight excluding hydrogens is 318 g/mol. The van der Waals surface area contributed by atoms with Gasteiger partial charge in [-0.1, -0.05) is 11.6 Å². The van der Waals surface area contributed by atoms with Crippen molar-refractivity contribution in [2.24, 2.45) is 0 Å². The molecule has 0 aliphatic heterocycles. The molecule has 0 bridgehead atoms. The molecule has 7 heteroatoms. The summed E-state index contributed by atoms with van der Waals surface area (Å²) in [4.78, 5) is 23.3. The maximum Gasteiger partial charge on any atom is 0.337 e. The van der Waals surface area contributed by atoms with Gasteiger partial charge in [-0.2, -0.15) is 5.10 Å². The normalized spacial score (nSPS) is 10.4. The molecule has 1 N–H and O–H groups in total. The van der Waals surface area contributed by atoms with E-state index < -0.39 is 5.97 Å². The molecule has 0 aliphatic carbocycles. The van der Waals surface area contributed by atoms with Crippen LogP contribution in [0.15, 0.2) is 30.5 Å². The molecule has 1 aromatic heterocycles. The second kappa shape index (κ2) is 7.78. The largest absolute Gasteiger partial charge is 0.465 e. The van der Waals surface area contributed by atoms with Gasteiger partial charge in [0.25, 0.3) is 5.91 Å². The Morgan fingerprint density at radius 3 is 2.48 bits per heavy atom. The van der Waals surface area contributed by atoms with Crippen LogP contribution in [0.5, 0.6) is 0 Å². The number of carbonyl (C=O) groups excluding carboxylic acids is 2. The zero-order valence-corrected chi connectivity index (χ0v) is 13.8. The molecule has 0 unspecified atom stereocenters. The van der Waals surface area contributed by atoms with Crippen molar-refractivity contribution in [1.82, 2.24) is 15.1 Å². The maximum absolute atomic E-state index is 12.0. The van der Waals surface area contributed by atoms with E-state index in [2.05, 4.69) is 15.2 Å². The summed E-state index contributed by atoms with van der Waals surface area (Å²) in [6.45, 7) is 3.04. The Morgan fingerprint density at radius 1 is 1.26 bits per heavy atom. The number of amides is 1. The third-order valence-corrected chi connectivity index (χ3v) is 3.68. The van der Waals surface area contributed by atoms with Crippen LogP contribution in [0.3, 0.4) is 0 Å². The fourth-order valence-corrected chi connectivity index (χ4v) is 2.18. The first-order valence-electron chi connectivity index (χ1n) is 7.17. The lowest BCUT2D eigenvalue weighted by Gasteiger charge is -2.06. The highest BCUT2D eigenvalue weighted by atomic mass is 35.5. The quantitative estimate of drug-likeness (QED) is 0.650. The lowest BCUT2D eigenvalue weighted by molar-refractivity contribution is 0.0600. The Hall–Kier alpha value is -2.34. The summed E-state index contributed by atoms with van der Waals surface area (Å²) in [6.07, 6.45) is 2.51. The van der Waals surface area contributed by atoms with Gasteiger partial charge >= 0.3 is 5.97 Å². The van der Waals surface area contributed by atoms with Gasteiger partial charge in [0.05, 0.1) is 23.4 Å². The molecule has 2 rings (SSSR count). The number of halogens is 1. The standard InChI is InChI=1S/C16H18ClN3O3/c1-11-14(17)10-20(19-11)9-3-8-18-15(21)12-4-6-13(7-5-12)16(22)23-2/h4-7,10H,3,8-9H2,1-2H3,(H,18,21). The topological polar surface area (TPSA) is 73.2 Å². The minimum atomic E-state index is -0.426. The Labute approximate surface area is 139 Å². The van der Waals surface area contributed by atoms with Gasteiger partial charge in [0.2, 0.25) is 0 Å². The molecule has 23 heavy (non-hydrogen) atoms. The van der Waals surface area contributed by atoms with E-state index in [-0.39, 0.29) is 5.91 Å². The van der Waals surface area contributed by atoms with E-state index in [0.29, 0.717) is 29.2 Å². The number of benzene rings is 1. The number of ether oxygens (including phenoxy) is 1. The number of esters is 1. The molecule has 6 nitrogen and oxygen atoms in total. The van der Waals surface area contributed by atoms with E-state index in [4.69, 9.17) is 11.6 Å². The second-order valence-corrected chi connectivity index (χ2v) is 5.41. The first kappa shape index (κ1) is 17.0.